The van der Waals surface area contributed by atoms with Crippen molar-refractivity contribution in [3.8, 4) is 0 Å². The SMILES string of the molecule is CC(C)(C)OC(=O)C(C)(C)O/N=C(\C(N)=O)c1csc(N)n1. The molecular weight excluding hydrogens is 308 g/mol. The number of rotatable bonds is 5. The fraction of sp³-hybridized carbons (Fsp3) is 0.538. The van der Waals surface area contributed by atoms with Crippen LogP contribution >= 0.6 is 11.3 Å². The monoisotopic (exact) mass is 328 g/mol. The van der Waals surface area contributed by atoms with Crippen LogP contribution in [0.5, 0.6) is 0 Å². The van der Waals surface area contributed by atoms with Gasteiger partial charge in [0.2, 0.25) is 5.60 Å². The van der Waals surface area contributed by atoms with Gasteiger partial charge in [0.05, 0.1) is 0 Å². The molecule has 0 aliphatic carbocycles. The molecule has 22 heavy (non-hydrogen) atoms. The number of anilines is 1. The quantitative estimate of drug-likeness (QED) is 0.472. The van der Waals surface area contributed by atoms with Crippen LogP contribution in [0.1, 0.15) is 40.3 Å². The smallest absolute Gasteiger partial charge is 0.353 e. The summed E-state index contributed by atoms with van der Waals surface area (Å²) in [5, 5.41) is 5.44. The molecule has 0 radical (unpaired) electrons. The van der Waals surface area contributed by atoms with E-state index in [1.165, 1.54) is 19.2 Å². The summed E-state index contributed by atoms with van der Waals surface area (Å²) in [5.41, 5.74) is 8.65. The minimum absolute atomic E-state index is 0.190. The van der Waals surface area contributed by atoms with Crippen LogP contribution in [0.25, 0.3) is 0 Å². The zero-order valence-corrected chi connectivity index (χ0v) is 14.0. The molecule has 8 nitrogen and oxygen atoms in total. The Morgan fingerprint density at radius 2 is 1.86 bits per heavy atom. The maximum Gasteiger partial charge on any atom is 0.353 e. The molecular formula is C13H20N4O4S. The highest BCUT2D eigenvalue weighted by atomic mass is 32.1. The Labute approximate surface area is 132 Å². The first-order valence-corrected chi connectivity index (χ1v) is 7.31. The number of hydrogen-bond acceptors (Lipinski definition) is 8. The number of aromatic nitrogens is 1. The van der Waals surface area contributed by atoms with Gasteiger partial charge in [0, 0.05) is 5.38 Å². The fourth-order valence-corrected chi connectivity index (χ4v) is 1.76. The first kappa shape index (κ1) is 17.9. The van der Waals surface area contributed by atoms with Crippen LogP contribution in [-0.2, 0) is 19.2 Å². The average molecular weight is 328 g/mol. The van der Waals surface area contributed by atoms with Gasteiger partial charge in [0.15, 0.2) is 10.8 Å². The number of primary amides is 1. The lowest BCUT2D eigenvalue weighted by molar-refractivity contribution is -0.179. The van der Waals surface area contributed by atoms with E-state index in [1.54, 1.807) is 20.8 Å². The molecule has 1 rings (SSSR count). The molecule has 0 spiro atoms. The van der Waals surface area contributed by atoms with Crippen LogP contribution in [0.3, 0.4) is 0 Å². The minimum Gasteiger partial charge on any atom is -0.457 e. The molecule has 0 aromatic carbocycles. The van der Waals surface area contributed by atoms with Crippen LogP contribution in [0.2, 0.25) is 0 Å². The van der Waals surface area contributed by atoms with Crippen LogP contribution in [0.15, 0.2) is 10.5 Å². The Morgan fingerprint density at radius 1 is 1.27 bits per heavy atom. The number of ether oxygens (including phenoxy) is 1. The third-order valence-electron chi connectivity index (χ3n) is 2.25. The Bertz CT molecular complexity index is 601. The summed E-state index contributed by atoms with van der Waals surface area (Å²) >= 11 is 1.13. The van der Waals surface area contributed by atoms with Gasteiger partial charge >= 0.3 is 5.97 Å². The maximum absolute atomic E-state index is 12.0. The molecule has 0 saturated heterocycles. The molecule has 0 aliphatic rings. The second-order valence-corrected chi connectivity index (χ2v) is 6.87. The summed E-state index contributed by atoms with van der Waals surface area (Å²) in [6, 6.07) is 0. The lowest BCUT2D eigenvalue weighted by Crippen LogP contribution is -2.40. The van der Waals surface area contributed by atoms with E-state index >= 15 is 0 Å². The van der Waals surface area contributed by atoms with E-state index < -0.39 is 23.1 Å². The van der Waals surface area contributed by atoms with Crippen molar-refractivity contribution in [2.45, 2.75) is 45.8 Å². The van der Waals surface area contributed by atoms with Gasteiger partial charge in [-0.25, -0.2) is 9.78 Å². The van der Waals surface area contributed by atoms with Crippen molar-refractivity contribution in [3.05, 3.63) is 11.1 Å². The number of nitrogens with two attached hydrogens (primary N) is 2. The van der Waals surface area contributed by atoms with Crippen molar-refractivity contribution < 1.29 is 19.2 Å². The van der Waals surface area contributed by atoms with Gasteiger partial charge in [-0.1, -0.05) is 5.16 Å². The summed E-state index contributed by atoms with van der Waals surface area (Å²) < 4.78 is 5.22. The summed E-state index contributed by atoms with van der Waals surface area (Å²) in [6.45, 7) is 8.14. The van der Waals surface area contributed by atoms with E-state index in [2.05, 4.69) is 10.1 Å². The van der Waals surface area contributed by atoms with Crippen molar-refractivity contribution in [1.29, 1.82) is 0 Å². The number of hydrogen-bond donors (Lipinski definition) is 2. The topological polar surface area (TPSA) is 130 Å². The van der Waals surface area contributed by atoms with Crippen LogP contribution in [-0.4, -0.2) is 33.8 Å². The Morgan fingerprint density at radius 3 is 2.27 bits per heavy atom. The van der Waals surface area contributed by atoms with E-state index in [1.807, 2.05) is 0 Å². The molecule has 1 aromatic rings. The number of thiazole rings is 1. The summed E-state index contributed by atoms with van der Waals surface area (Å²) in [7, 11) is 0. The van der Waals surface area contributed by atoms with Gasteiger partial charge in [0.1, 0.15) is 11.3 Å². The van der Waals surface area contributed by atoms with Gasteiger partial charge in [-0.3, -0.25) is 4.79 Å². The third-order valence-corrected chi connectivity index (χ3v) is 2.93. The van der Waals surface area contributed by atoms with E-state index in [4.69, 9.17) is 21.0 Å². The van der Waals surface area contributed by atoms with Crippen molar-refractivity contribution in [2.24, 2.45) is 10.9 Å². The molecule has 1 aromatic heterocycles. The molecule has 4 N–H and O–H groups in total. The molecule has 0 atom stereocenters. The second kappa shape index (κ2) is 6.30. The van der Waals surface area contributed by atoms with Gasteiger partial charge in [-0.15, -0.1) is 11.3 Å². The standard InChI is InChI=1S/C13H20N4O4S/c1-12(2,3)20-10(19)13(4,5)21-17-8(9(14)18)7-6-22-11(15)16-7/h6H,1-5H3,(H2,14,18)(H2,15,16)/b17-8-. The average Bonchev–Trinajstić information content (AvgIpc) is 2.73. The molecule has 1 amide bonds. The lowest BCUT2D eigenvalue weighted by Gasteiger charge is -2.26. The zero-order chi connectivity index (χ0) is 17.1. The summed E-state index contributed by atoms with van der Waals surface area (Å²) in [4.78, 5) is 32.5. The zero-order valence-electron chi connectivity index (χ0n) is 13.2. The number of nitrogen functional groups attached to an aromatic ring is 1. The molecule has 122 valence electrons. The highest BCUT2D eigenvalue weighted by Crippen LogP contribution is 2.19. The van der Waals surface area contributed by atoms with Gasteiger partial charge in [-0.05, 0) is 34.6 Å². The fourth-order valence-electron chi connectivity index (χ4n) is 1.21. The number of carbonyl (C=O) groups excluding carboxylic acids is 2. The van der Waals surface area contributed by atoms with E-state index in [0.29, 0.717) is 0 Å². The first-order valence-electron chi connectivity index (χ1n) is 6.43. The Balaban J connectivity index is 2.94. The molecule has 0 fully saturated rings. The predicted molar refractivity (Wildman–Crippen MR) is 83.3 cm³/mol. The van der Waals surface area contributed by atoms with Crippen LogP contribution < -0.4 is 11.5 Å². The van der Waals surface area contributed by atoms with Gasteiger partial charge in [-0.2, -0.15) is 0 Å². The Hall–Kier alpha value is -2.16. The number of carbonyl (C=O) groups is 2. The highest BCUT2D eigenvalue weighted by molar-refractivity contribution is 7.13. The van der Waals surface area contributed by atoms with Gasteiger partial charge in [0.25, 0.3) is 5.91 Å². The van der Waals surface area contributed by atoms with Gasteiger partial charge < -0.3 is 21.0 Å². The molecule has 0 unspecified atom stereocenters. The number of esters is 1. The lowest BCUT2D eigenvalue weighted by atomic mass is 10.1. The first-order chi connectivity index (χ1) is 9.92. The molecule has 0 bridgehead atoms. The van der Waals surface area contributed by atoms with Crippen molar-refractivity contribution >= 4 is 34.1 Å². The summed E-state index contributed by atoms with van der Waals surface area (Å²) in [6.07, 6.45) is 0. The normalized spacial score (nSPS) is 12.9. The van der Waals surface area contributed by atoms with E-state index in [9.17, 15) is 9.59 Å². The molecule has 0 aliphatic heterocycles. The summed E-state index contributed by atoms with van der Waals surface area (Å²) in [5.74, 6) is -1.46. The molecule has 9 heteroatoms. The largest absolute Gasteiger partial charge is 0.457 e. The number of nitrogens with zero attached hydrogens (tertiary/aromatic N) is 2. The molecule has 1 heterocycles. The third kappa shape index (κ3) is 4.99. The van der Waals surface area contributed by atoms with Crippen LogP contribution in [0.4, 0.5) is 5.13 Å². The number of oxime groups is 1. The van der Waals surface area contributed by atoms with E-state index in [0.717, 1.165) is 11.3 Å². The Kier molecular flexibility index (Phi) is 5.13. The van der Waals surface area contributed by atoms with Crippen LogP contribution in [0, 0.1) is 0 Å². The number of amides is 1. The van der Waals surface area contributed by atoms with Crippen molar-refractivity contribution in [1.82, 2.24) is 4.98 Å². The van der Waals surface area contributed by atoms with E-state index in [-0.39, 0.29) is 16.5 Å². The highest BCUT2D eigenvalue weighted by Gasteiger charge is 2.35. The minimum atomic E-state index is -1.39. The van der Waals surface area contributed by atoms with Crippen molar-refractivity contribution in [2.75, 3.05) is 5.73 Å². The van der Waals surface area contributed by atoms with Crippen molar-refractivity contribution in [3.63, 3.8) is 0 Å². The maximum atomic E-state index is 12.0. The molecule has 0 saturated carbocycles. The second-order valence-electron chi connectivity index (χ2n) is 5.98. The predicted octanol–water partition coefficient (Wildman–Crippen LogP) is 1.05.